The van der Waals surface area contributed by atoms with Gasteiger partial charge in [-0.3, -0.25) is 0 Å². The first-order valence-electron chi connectivity index (χ1n) is 21.6. The van der Waals surface area contributed by atoms with Gasteiger partial charge in [-0.05, 0) is 118 Å². The average molecular weight is 733 g/mol. The Kier molecular flexibility index (Phi) is 35.3. The molecule has 0 aromatic carbocycles. The van der Waals surface area contributed by atoms with E-state index in [4.69, 9.17) is 21.8 Å². The van der Waals surface area contributed by atoms with Gasteiger partial charge < -0.3 is 31.6 Å². The second kappa shape index (κ2) is 35.2. The maximum atomic E-state index is 7.04. The second-order valence-electron chi connectivity index (χ2n) is 14.0. The van der Waals surface area contributed by atoms with Gasteiger partial charge >= 0.3 is 17.6 Å². The molecule has 0 unspecified atom stereocenters. The van der Waals surface area contributed by atoms with Crippen molar-refractivity contribution in [1.29, 1.82) is 0 Å². The van der Waals surface area contributed by atoms with Crippen molar-refractivity contribution in [2.45, 2.75) is 196 Å². The van der Waals surface area contributed by atoms with Crippen LogP contribution in [0, 0.1) is 0 Å². The summed E-state index contributed by atoms with van der Waals surface area (Å²) in [5.74, 6) is 0. The first kappa shape index (κ1) is 49.2. The van der Waals surface area contributed by atoms with Crippen LogP contribution in [0.5, 0.6) is 0 Å². The standard InChI is InChI=1S/C40H88N2O5Si2/c1-9-17-33-41(34-18-10-2)37-29-25-21-23-27-31-39-48(43-13-5,44-14-6)47-49(45-15-7,46-16-8)40-32-28-24-22-26-30-38-42(35-19-11-3)36-20-12-4/h9-40H2,1-8H3. The van der Waals surface area contributed by atoms with E-state index in [1.54, 1.807) is 0 Å². The summed E-state index contributed by atoms with van der Waals surface area (Å²) in [4.78, 5) is 5.39. The van der Waals surface area contributed by atoms with Crippen LogP contribution < -0.4 is 0 Å². The topological polar surface area (TPSA) is 52.6 Å². The molecule has 0 aliphatic heterocycles. The van der Waals surface area contributed by atoms with E-state index in [1.807, 2.05) is 0 Å². The van der Waals surface area contributed by atoms with Crippen molar-refractivity contribution in [2.75, 3.05) is 65.7 Å². The van der Waals surface area contributed by atoms with Crippen LogP contribution in [-0.4, -0.2) is 93.1 Å². The minimum absolute atomic E-state index is 0.593. The van der Waals surface area contributed by atoms with E-state index in [9.17, 15) is 0 Å². The molecule has 0 fully saturated rings. The van der Waals surface area contributed by atoms with E-state index in [1.165, 1.54) is 155 Å². The molecule has 0 spiro atoms. The van der Waals surface area contributed by atoms with Crippen LogP contribution in [0.1, 0.15) is 184 Å². The molecule has 0 aliphatic carbocycles. The molecule has 296 valence electrons. The normalized spacial score (nSPS) is 12.6. The van der Waals surface area contributed by atoms with E-state index in [-0.39, 0.29) is 0 Å². The van der Waals surface area contributed by atoms with Crippen molar-refractivity contribution in [3.8, 4) is 0 Å². The predicted octanol–water partition coefficient (Wildman–Crippen LogP) is 11.5. The van der Waals surface area contributed by atoms with Crippen LogP contribution in [-0.2, 0) is 21.8 Å². The van der Waals surface area contributed by atoms with Gasteiger partial charge in [0, 0.05) is 38.5 Å². The van der Waals surface area contributed by atoms with Gasteiger partial charge in [-0.25, -0.2) is 0 Å². The SMILES string of the molecule is CCCCN(CCCC)CCCCCCCC[Si](OCC)(OCC)O[Si](CCCCCCCCN(CCCC)CCCC)(OCC)OCC. The van der Waals surface area contributed by atoms with Crippen molar-refractivity contribution in [2.24, 2.45) is 0 Å². The molecule has 9 heteroatoms. The summed E-state index contributed by atoms with van der Waals surface area (Å²) in [5, 5.41) is 0. The van der Waals surface area contributed by atoms with Gasteiger partial charge in [0.05, 0.1) is 0 Å². The van der Waals surface area contributed by atoms with Crippen LogP contribution in [0.3, 0.4) is 0 Å². The summed E-state index contributed by atoms with van der Waals surface area (Å²) >= 11 is 0. The smallest absolute Gasteiger partial charge is 0.374 e. The molecular weight excluding hydrogens is 645 g/mol. The van der Waals surface area contributed by atoms with Crippen molar-refractivity contribution in [3.05, 3.63) is 0 Å². The molecule has 0 aliphatic rings. The van der Waals surface area contributed by atoms with Crippen LogP contribution in [0.25, 0.3) is 0 Å². The molecule has 0 rings (SSSR count). The number of rotatable bonds is 40. The molecular formula is C40H88N2O5Si2. The second-order valence-corrected chi connectivity index (χ2v) is 19.7. The van der Waals surface area contributed by atoms with Crippen LogP contribution in [0.4, 0.5) is 0 Å². The van der Waals surface area contributed by atoms with Gasteiger partial charge in [-0.1, -0.05) is 105 Å². The molecule has 0 aromatic rings. The number of hydrogen-bond donors (Lipinski definition) is 0. The fraction of sp³-hybridized carbons (Fsp3) is 1.00. The van der Waals surface area contributed by atoms with E-state index in [2.05, 4.69) is 65.2 Å². The van der Waals surface area contributed by atoms with Crippen molar-refractivity contribution in [3.63, 3.8) is 0 Å². The van der Waals surface area contributed by atoms with Gasteiger partial charge in [0.1, 0.15) is 0 Å². The first-order chi connectivity index (χ1) is 23.9. The van der Waals surface area contributed by atoms with Crippen LogP contribution in [0.15, 0.2) is 0 Å². The number of hydrogen-bond acceptors (Lipinski definition) is 7. The Morgan fingerprint density at radius 1 is 0.306 bits per heavy atom. The summed E-state index contributed by atoms with van der Waals surface area (Å²) in [6, 6.07) is 1.69. The third-order valence-electron chi connectivity index (χ3n) is 9.49. The fourth-order valence-corrected chi connectivity index (χ4v) is 14.2. The maximum absolute atomic E-state index is 7.04. The third-order valence-corrected chi connectivity index (χ3v) is 16.8. The highest BCUT2D eigenvalue weighted by atomic mass is 28.5. The van der Waals surface area contributed by atoms with Gasteiger partial charge in [0.25, 0.3) is 0 Å². The summed E-state index contributed by atoms with van der Waals surface area (Å²) in [6.07, 6.45) is 25.4. The molecule has 0 amide bonds. The monoisotopic (exact) mass is 733 g/mol. The lowest BCUT2D eigenvalue weighted by atomic mass is 10.1. The van der Waals surface area contributed by atoms with Crippen molar-refractivity contribution in [1.82, 2.24) is 9.80 Å². The molecule has 0 saturated heterocycles. The maximum Gasteiger partial charge on any atom is 0.493 e. The Balaban J connectivity index is 4.91. The van der Waals surface area contributed by atoms with E-state index in [0.717, 1.165) is 24.9 Å². The minimum Gasteiger partial charge on any atom is -0.374 e. The molecule has 49 heavy (non-hydrogen) atoms. The Hall–Kier alpha value is 0.154. The number of unbranched alkanes of at least 4 members (excludes halogenated alkanes) is 14. The lowest BCUT2D eigenvalue weighted by molar-refractivity contribution is 0.0487. The highest BCUT2D eigenvalue weighted by molar-refractivity contribution is 6.75. The Bertz CT molecular complexity index is 597. The zero-order valence-corrected chi connectivity index (χ0v) is 36.6. The molecule has 0 saturated carbocycles. The molecule has 7 nitrogen and oxygen atoms in total. The summed E-state index contributed by atoms with van der Waals surface area (Å²) in [5.41, 5.74) is 0. The quantitative estimate of drug-likeness (QED) is 0.0459. The zero-order chi connectivity index (χ0) is 36.3. The zero-order valence-electron chi connectivity index (χ0n) is 34.6. The Morgan fingerprint density at radius 3 is 0.816 bits per heavy atom. The van der Waals surface area contributed by atoms with Crippen molar-refractivity contribution < 1.29 is 21.8 Å². The fourth-order valence-electron chi connectivity index (χ4n) is 6.67. The Morgan fingerprint density at radius 2 is 0.551 bits per heavy atom. The van der Waals surface area contributed by atoms with E-state index in [0.29, 0.717) is 26.4 Å². The first-order valence-corrected chi connectivity index (χ1v) is 25.5. The van der Waals surface area contributed by atoms with Crippen LogP contribution >= 0.6 is 0 Å². The summed E-state index contributed by atoms with van der Waals surface area (Å²) in [7, 11) is -5.88. The molecule has 0 N–H and O–H groups in total. The molecule has 0 radical (unpaired) electrons. The Labute approximate surface area is 310 Å². The highest BCUT2D eigenvalue weighted by Gasteiger charge is 2.52. The third kappa shape index (κ3) is 26.6. The summed E-state index contributed by atoms with van der Waals surface area (Å²) in [6.45, 7) is 27.4. The molecule has 0 atom stereocenters. The van der Waals surface area contributed by atoms with Crippen LogP contribution in [0.2, 0.25) is 12.1 Å². The molecule has 0 heterocycles. The predicted molar refractivity (Wildman–Crippen MR) is 217 cm³/mol. The lowest BCUT2D eigenvalue weighted by Crippen LogP contribution is -2.59. The summed E-state index contributed by atoms with van der Waals surface area (Å²) < 4.78 is 32.9. The van der Waals surface area contributed by atoms with Crippen molar-refractivity contribution >= 4 is 17.6 Å². The molecule has 0 bridgehead atoms. The van der Waals surface area contributed by atoms with Gasteiger partial charge in [-0.15, -0.1) is 0 Å². The largest absolute Gasteiger partial charge is 0.493 e. The van der Waals surface area contributed by atoms with Gasteiger partial charge in [0.2, 0.25) is 0 Å². The average Bonchev–Trinajstić information content (AvgIpc) is 3.09. The highest BCUT2D eigenvalue weighted by Crippen LogP contribution is 2.30. The lowest BCUT2D eigenvalue weighted by Gasteiger charge is -2.38. The van der Waals surface area contributed by atoms with Gasteiger partial charge in [0.15, 0.2) is 0 Å². The van der Waals surface area contributed by atoms with E-state index >= 15 is 0 Å². The van der Waals surface area contributed by atoms with E-state index < -0.39 is 17.6 Å². The minimum atomic E-state index is -2.94. The molecule has 0 aromatic heterocycles. The number of nitrogens with zero attached hydrogens (tertiary/aromatic N) is 2. The van der Waals surface area contributed by atoms with Gasteiger partial charge in [-0.2, -0.15) is 0 Å².